The van der Waals surface area contributed by atoms with Crippen LogP contribution in [0.1, 0.15) is 17.3 Å². The number of ether oxygens (including phenoxy) is 2. The van der Waals surface area contributed by atoms with Crippen LogP contribution in [-0.4, -0.2) is 24.8 Å². The van der Waals surface area contributed by atoms with Crippen LogP contribution in [0.2, 0.25) is 0 Å². The second-order valence-corrected chi connectivity index (χ2v) is 4.18. The standard InChI is InChI=1S/C16H16O4/c1-3-20-13-6-4-5-11(9-13)14-8-7-12(16(17)18)10-15(14)19-2/h4-10H,3H2,1-2H3,(H,17,18). The van der Waals surface area contributed by atoms with Crippen molar-refractivity contribution in [1.29, 1.82) is 0 Å². The van der Waals surface area contributed by atoms with Gasteiger partial charge < -0.3 is 14.6 Å². The molecule has 0 bridgehead atoms. The Hall–Kier alpha value is -2.49. The number of carbonyl (C=O) groups is 1. The molecule has 4 heteroatoms. The van der Waals surface area contributed by atoms with Crippen molar-refractivity contribution in [2.24, 2.45) is 0 Å². The Morgan fingerprint density at radius 3 is 2.65 bits per heavy atom. The van der Waals surface area contributed by atoms with Gasteiger partial charge in [0.05, 0.1) is 19.3 Å². The Kier molecular flexibility index (Phi) is 4.25. The minimum atomic E-state index is -0.974. The van der Waals surface area contributed by atoms with E-state index in [0.717, 1.165) is 16.9 Å². The lowest BCUT2D eigenvalue weighted by Crippen LogP contribution is -1.98. The molecular weight excluding hydrogens is 256 g/mol. The molecule has 0 amide bonds. The second-order valence-electron chi connectivity index (χ2n) is 4.18. The molecule has 104 valence electrons. The van der Waals surface area contributed by atoms with E-state index in [4.69, 9.17) is 14.6 Å². The van der Waals surface area contributed by atoms with Gasteiger partial charge in [-0.25, -0.2) is 4.79 Å². The first-order valence-electron chi connectivity index (χ1n) is 6.30. The molecule has 2 aromatic rings. The van der Waals surface area contributed by atoms with Crippen molar-refractivity contribution < 1.29 is 19.4 Å². The van der Waals surface area contributed by atoms with E-state index in [1.807, 2.05) is 31.2 Å². The molecule has 2 rings (SSSR count). The lowest BCUT2D eigenvalue weighted by molar-refractivity contribution is 0.0696. The highest BCUT2D eigenvalue weighted by Crippen LogP contribution is 2.32. The second kappa shape index (κ2) is 6.10. The molecule has 0 saturated heterocycles. The molecule has 20 heavy (non-hydrogen) atoms. The van der Waals surface area contributed by atoms with Gasteiger partial charge in [0.15, 0.2) is 0 Å². The fraction of sp³-hybridized carbons (Fsp3) is 0.188. The molecule has 0 spiro atoms. The number of benzene rings is 2. The number of rotatable bonds is 5. The third-order valence-electron chi connectivity index (χ3n) is 2.90. The minimum Gasteiger partial charge on any atom is -0.496 e. The molecule has 0 radical (unpaired) electrons. The van der Waals surface area contributed by atoms with E-state index >= 15 is 0 Å². The lowest BCUT2D eigenvalue weighted by atomic mass is 10.0. The maximum Gasteiger partial charge on any atom is 0.335 e. The van der Waals surface area contributed by atoms with Crippen LogP contribution in [0.4, 0.5) is 0 Å². The van der Waals surface area contributed by atoms with Gasteiger partial charge in [0.2, 0.25) is 0 Å². The quantitative estimate of drug-likeness (QED) is 0.905. The number of hydrogen-bond donors (Lipinski definition) is 1. The van der Waals surface area contributed by atoms with Crippen LogP contribution in [0.3, 0.4) is 0 Å². The number of carboxylic acid groups (broad SMARTS) is 1. The van der Waals surface area contributed by atoms with Gasteiger partial charge in [-0.3, -0.25) is 0 Å². The number of methoxy groups -OCH3 is 1. The van der Waals surface area contributed by atoms with Crippen LogP contribution in [0, 0.1) is 0 Å². The minimum absolute atomic E-state index is 0.201. The summed E-state index contributed by atoms with van der Waals surface area (Å²) in [6, 6.07) is 12.4. The zero-order valence-corrected chi connectivity index (χ0v) is 11.4. The molecule has 0 atom stereocenters. The van der Waals surface area contributed by atoms with Crippen LogP contribution in [0.5, 0.6) is 11.5 Å². The zero-order chi connectivity index (χ0) is 14.5. The largest absolute Gasteiger partial charge is 0.496 e. The maximum absolute atomic E-state index is 11.0. The first-order chi connectivity index (χ1) is 9.65. The van der Waals surface area contributed by atoms with Crippen molar-refractivity contribution in [3.05, 3.63) is 48.0 Å². The summed E-state index contributed by atoms with van der Waals surface area (Å²) < 4.78 is 10.8. The maximum atomic E-state index is 11.0. The van der Waals surface area contributed by atoms with Crippen molar-refractivity contribution >= 4 is 5.97 Å². The van der Waals surface area contributed by atoms with Crippen molar-refractivity contribution in [2.75, 3.05) is 13.7 Å². The first-order valence-corrected chi connectivity index (χ1v) is 6.30. The molecule has 0 fully saturated rings. The predicted molar refractivity (Wildman–Crippen MR) is 76.6 cm³/mol. The van der Waals surface area contributed by atoms with Gasteiger partial charge in [-0.1, -0.05) is 12.1 Å². The molecule has 0 aliphatic heterocycles. The average Bonchev–Trinajstić information content (AvgIpc) is 2.47. The van der Waals surface area contributed by atoms with Crippen LogP contribution in [0.15, 0.2) is 42.5 Å². The van der Waals surface area contributed by atoms with Crippen molar-refractivity contribution in [3.63, 3.8) is 0 Å². The molecular formula is C16H16O4. The van der Waals surface area contributed by atoms with Gasteiger partial charge in [-0.15, -0.1) is 0 Å². The highest BCUT2D eigenvalue weighted by molar-refractivity contribution is 5.89. The van der Waals surface area contributed by atoms with Gasteiger partial charge in [0.1, 0.15) is 11.5 Å². The summed E-state index contributed by atoms with van der Waals surface area (Å²) >= 11 is 0. The molecule has 0 aliphatic carbocycles. The molecule has 1 N–H and O–H groups in total. The summed E-state index contributed by atoms with van der Waals surface area (Å²) in [4.78, 5) is 11.0. The summed E-state index contributed by atoms with van der Waals surface area (Å²) in [7, 11) is 1.52. The normalized spacial score (nSPS) is 10.1. The van der Waals surface area contributed by atoms with Crippen molar-refractivity contribution in [2.45, 2.75) is 6.92 Å². The molecule has 0 aromatic heterocycles. The monoisotopic (exact) mass is 272 g/mol. The fourth-order valence-electron chi connectivity index (χ4n) is 1.98. The van der Waals surface area contributed by atoms with Crippen molar-refractivity contribution in [1.82, 2.24) is 0 Å². The fourth-order valence-corrected chi connectivity index (χ4v) is 1.98. The third kappa shape index (κ3) is 2.91. The summed E-state index contributed by atoms with van der Waals surface area (Å²) in [6.07, 6.45) is 0. The predicted octanol–water partition coefficient (Wildman–Crippen LogP) is 3.46. The molecule has 0 heterocycles. The number of hydrogen-bond acceptors (Lipinski definition) is 3. The third-order valence-corrected chi connectivity index (χ3v) is 2.90. The Balaban J connectivity index is 2.46. The molecule has 2 aromatic carbocycles. The number of carboxylic acids is 1. The Morgan fingerprint density at radius 2 is 2.00 bits per heavy atom. The van der Waals surface area contributed by atoms with Gasteiger partial charge in [-0.05, 0) is 42.8 Å². The molecule has 4 nitrogen and oxygen atoms in total. The van der Waals surface area contributed by atoms with E-state index in [-0.39, 0.29) is 5.56 Å². The van der Waals surface area contributed by atoms with Gasteiger partial charge in [-0.2, -0.15) is 0 Å². The number of aromatic carboxylic acids is 1. The summed E-state index contributed by atoms with van der Waals surface area (Å²) in [5, 5.41) is 9.00. The van der Waals surface area contributed by atoms with Crippen LogP contribution in [-0.2, 0) is 0 Å². The Bertz CT molecular complexity index is 620. The Labute approximate surface area is 117 Å². The van der Waals surface area contributed by atoms with Gasteiger partial charge >= 0.3 is 5.97 Å². The van der Waals surface area contributed by atoms with Gasteiger partial charge in [0, 0.05) is 5.56 Å². The summed E-state index contributed by atoms with van der Waals surface area (Å²) in [5.41, 5.74) is 1.95. The topological polar surface area (TPSA) is 55.8 Å². The molecule has 0 aliphatic rings. The van der Waals surface area contributed by atoms with E-state index < -0.39 is 5.97 Å². The van der Waals surface area contributed by atoms with Crippen molar-refractivity contribution in [3.8, 4) is 22.6 Å². The van der Waals surface area contributed by atoms with Crippen LogP contribution in [0.25, 0.3) is 11.1 Å². The molecule has 0 unspecified atom stereocenters. The van der Waals surface area contributed by atoms with Crippen LogP contribution < -0.4 is 9.47 Å². The summed E-state index contributed by atoms with van der Waals surface area (Å²) in [6.45, 7) is 2.52. The highest BCUT2D eigenvalue weighted by atomic mass is 16.5. The van der Waals surface area contributed by atoms with E-state index in [1.54, 1.807) is 12.1 Å². The lowest BCUT2D eigenvalue weighted by Gasteiger charge is -2.11. The summed E-state index contributed by atoms with van der Waals surface area (Å²) in [5.74, 6) is 0.325. The first kappa shape index (κ1) is 13.9. The van der Waals surface area contributed by atoms with E-state index in [9.17, 15) is 4.79 Å². The van der Waals surface area contributed by atoms with Crippen LogP contribution >= 0.6 is 0 Å². The van der Waals surface area contributed by atoms with E-state index in [1.165, 1.54) is 13.2 Å². The zero-order valence-electron chi connectivity index (χ0n) is 11.4. The smallest absolute Gasteiger partial charge is 0.335 e. The van der Waals surface area contributed by atoms with Gasteiger partial charge in [0.25, 0.3) is 0 Å². The SMILES string of the molecule is CCOc1cccc(-c2ccc(C(=O)O)cc2OC)c1. The average molecular weight is 272 g/mol. The van der Waals surface area contributed by atoms with E-state index in [0.29, 0.717) is 12.4 Å². The molecule has 0 saturated carbocycles. The Morgan fingerprint density at radius 1 is 1.20 bits per heavy atom. The highest BCUT2D eigenvalue weighted by Gasteiger charge is 2.11. The van der Waals surface area contributed by atoms with E-state index in [2.05, 4.69) is 0 Å².